The van der Waals surface area contributed by atoms with Gasteiger partial charge in [0.25, 0.3) is 0 Å². The van der Waals surface area contributed by atoms with Crippen molar-refractivity contribution >= 4 is 27.9 Å². The molecule has 2 aromatic carbocycles. The van der Waals surface area contributed by atoms with E-state index in [0.717, 1.165) is 21.9 Å². The maximum atomic E-state index is 14.0. The number of amides is 1. The van der Waals surface area contributed by atoms with Crippen molar-refractivity contribution in [3.05, 3.63) is 77.4 Å². The molecule has 3 heterocycles. The molecule has 31 heavy (non-hydrogen) atoms. The quantitative estimate of drug-likeness (QED) is 0.479. The van der Waals surface area contributed by atoms with Crippen LogP contribution in [0.4, 0.5) is 14.5 Å². The molecule has 0 aliphatic carbocycles. The Morgan fingerprint density at radius 3 is 2.48 bits per heavy atom. The van der Waals surface area contributed by atoms with E-state index in [9.17, 15) is 13.6 Å². The summed E-state index contributed by atoms with van der Waals surface area (Å²) in [5.41, 5.74) is 3.04. The standard InChI is InChI=1S/C23H20F2N4OS/c24-17-7-5-16(6-8-17)20-14-29-18(15-31-23(29)26-20)13-22(30)28-11-9-27(10-12-28)21-4-2-1-3-19(21)25/h1-8,14-15H,9-13H2. The number of carbonyl (C=O) groups excluding carboxylic acids is 1. The molecule has 5 nitrogen and oxygen atoms in total. The molecule has 1 aliphatic heterocycles. The molecule has 1 fully saturated rings. The number of benzene rings is 2. The highest BCUT2D eigenvalue weighted by Crippen LogP contribution is 2.25. The fraction of sp³-hybridized carbons (Fsp3) is 0.217. The van der Waals surface area contributed by atoms with Gasteiger partial charge in [0.2, 0.25) is 5.91 Å². The van der Waals surface area contributed by atoms with Gasteiger partial charge in [0, 0.05) is 49.0 Å². The number of piperazine rings is 1. The second kappa shape index (κ2) is 8.11. The van der Waals surface area contributed by atoms with Gasteiger partial charge >= 0.3 is 0 Å². The van der Waals surface area contributed by atoms with Gasteiger partial charge in [-0.2, -0.15) is 0 Å². The van der Waals surface area contributed by atoms with E-state index in [0.29, 0.717) is 31.9 Å². The van der Waals surface area contributed by atoms with Gasteiger partial charge in [0.05, 0.1) is 17.8 Å². The van der Waals surface area contributed by atoms with Crippen molar-refractivity contribution in [3.63, 3.8) is 0 Å². The number of carbonyl (C=O) groups is 1. The molecule has 1 amide bonds. The summed E-state index contributed by atoms with van der Waals surface area (Å²) in [7, 11) is 0. The number of nitrogens with zero attached hydrogens (tertiary/aromatic N) is 4. The number of imidazole rings is 1. The van der Waals surface area contributed by atoms with Crippen molar-refractivity contribution in [3.8, 4) is 11.3 Å². The Morgan fingerprint density at radius 1 is 1.00 bits per heavy atom. The van der Waals surface area contributed by atoms with Crippen LogP contribution in [0.3, 0.4) is 0 Å². The molecule has 0 spiro atoms. The first-order valence-electron chi connectivity index (χ1n) is 10.1. The molecular weight excluding hydrogens is 418 g/mol. The molecule has 0 bridgehead atoms. The van der Waals surface area contributed by atoms with Crippen molar-refractivity contribution in [1.29, 1.82) is 0 Å². The van der Waals surface area contributed by atoms with Crippen LogP contribution < -0.4 is 4.90 Å². The zero-order valence-corrected chi connectivity index (χ0v) is 17.5. The van der Waals surface area contributed by atoms with Crippen LogP contribution in [0.2, 0.25) is 0 Å². The number of anilines is 1. The molecule has 5 rings (SSSR count). The lowest BCUT2D eigenvalue weighted by molar-refractivity contribution is -0.130. The van der Waals surface area contributed by atoms with Crippen LogP contribution in [0.5, 0.6) is 0 Å². The third-order valence-electron chi connectivity index (χ3n) is 5.58. The van der Waals surface area contributed by atoms with E-state index in [1.54, 1.807) is 24.3 Å². The fourth-order valence-electron chi connectivity index (χ4n) is 3.89. The van der Waals surface area contributed by atoms with Gasteiger partial charge < -0.3 is 9.80 Å². The molecule has 0 N–H and O–H groups in total. The summed E-state index contributed by atoms with van der Waals surface area (Å²) in [6.07, 6.45) is 2.16. The normalized spacial score (nSPS) is 14.4. The zero-order chi connectivity index (χ0) is 21.4. The van der Waals surface area contributed by atoms with Crippen LogP contribution >= 0.6 is 11.3 Å². The molecule has 8 heteroatoms. The molecule has 1 saturated heterocycles. The summed E-state index contributed by atoms with van der Waals surface area (Å²) in [6.45, 7) is 2.33. The summed E-state index contributed by atoms with van der Waals surface area (Å²) in [5, 5.41) is 1.95. The first-order valence-corrected chi connectivity index (χ1v) is 10.9. The molecule has 1 aliphatic rings. The van der Waals surface area contributed by atoms with Gasteiger partial charge in [0.1, 0.15) is 11.6 Å². The number of hydrogen-bond acceptors (Lipinski definition) is 4. The Morgan fingerprint density at radius 2 is 1.74 bits per heavy atom. The lowest BCUT2D eigenvalue weighted by atomic mass is 10.2. The SMILES string of the molecule is O=C(Cc1csc2nc(-c3ccc(F)cc3)cn12)N1CCN(c2ccccc2F)CC1. The molecule has 0 unspecified atom stereocenters. The summed E-state index contributed by atoms with van der Waals surface area (Å²) >= 11 is 1.48. The number of rotatable bonds is 4. The zero-order valence-electron chi connectivity index (χ0n) is 16.7. The Bertz CT molecular complexity index is 1230. The van der Waals surface area contributed by atoms with E-state index in [1.807, 2.05) is 31.8 Å². The lowest BCUT2D eigenvalue weighted by Gasteiger charge is -2.36. The Balaban J connectivity index is 1.26. The highest BCUT2D eigenvalue weighted by molar-refractivity contribution is 7.15. The number of thiazole rings is 1. The first-order chi connectivity index (χ1) is 15.1. The van der Waals surface area contributed by atoms with E-state index in [1.165, 1.54) is 29.5 Å². The molecule has 4 aromatic rings. The van der Waals surface area contributed by atoms with Crippen LogP contribution in [-0.2, 0) is 11.2 Å². The largest absolute Gasteiger partial charge is 0.366 e. The minimum Gasteiger partial charge on any atom is -0.366 e. The second-order valence-electron chi connectivity index (χ2n) is 7.51. The summed E-state index contributed by atoms with van der Waals surface area (Å²) < 4.78 is 29.1. The van der Waals surface area contributed by atoms with Crippen molar-refractivity contribution in [2.45, 2.75) is 6.42 Å². The van der Waals surface area contributed by atoms with Crippen LogP contribution in [-0.4, -0.2) is 46.4 Å². The van der Waals surface area contributed by atoms with Crippen molar-refractivity contribution in [1.82, 2.24) is 14.3 Å². The van der Waals surface area contributed by atoms with Gasteiger partial charge in [-0.15, -0.1) is 11.3 Å². The second-order valence-corrected chi connectivity index (χ2v) is 8.35. The molecule has 2 aromatic heterocycles. The minimum absolute atomic E-state index is 0.0462. The average molecular weight is 439 g/mol. The molecule has 0 atom stereocenters. The van der Waals surface area contributed by atoms with E-state index >= 15 is 0 Å². The topological polar surface area (TPSA) is 40.9 Å². The smallest absolute Gasteiger partial charge is 0.228 e. The number of fused-ring (bicyclic) bond motifs is 1. The third-order valence-corrected chi connectivity index (χ3v) is 6.47. The number of halogens is 2. The molecule has 158 valence electrons. The molecular formula is C23H20F2N4OS. The predicted octanol–water partition coefficient (Wildman–Crippen LogP) is 4.23. The monoisotopic (exact) mass is 438 g/mol. The maximum absolute atomic E-state index is 14.0. The van der Waals surface area contributed by atoms with Crippen LogP contribution in [0.1, 0.15) is 5.69 Å². The highest BCUT2D eigenvalue weighted by atomic mass is 32.1. The van der Waals surface area contributed by atoms with Gasteiger partial charge in [0.15, 0.2) is 4.96 Å². The van der Waals surface area contributed by atoms with Crippen LogP contribution in [0.15, 0.2) is 60.1 Å². The van der Waals surface area contributed by atoms with Crippen LogP contribution in [0.25, 0.3) is 16.2 Å². The fourth-order valence-corrected chi connectivity index (χ4v) is 4.76. The maximum Gasteiger partial charge on any atom is 0.228 e. The Labute approximate surface area is 182 Å². The van der Waals surface area contributed by atoms with Gasteiger partial charge in [-0.3, -0.25) is 9.20 Å². The Kier molecular flexibility index (Phi) is 5.15. The summed E-state index contributed by atoms with van der Waals surface area (Å²) in [6, 6.07) is 12.9. The molecule has 0 saturated carbocycles. The van der Waals surface area contributed by atoms with Gasteiger partial charge in [-0.25, -0.2) is 13.8 Å². The molecule has 0 radical (unpaired) electrons. The van der Waals surface area contributed by atoms with E-state index in [2.05, 4.69) is 4.98 Å². The summed E-state index contributed by atoms with van der Waals surface area (Å²) in [4.78, 5) is 22.1. The van der Waals surface area contributed by atoms with Crippen molar-refractivity contribution < 1.29 is 13.6 Å². The van der Waals surface area contributed by atoms with Gasteiger partial charge in [-0.1, -0.05) is 12.1 Å². The minimum atomic E-state index is -0.286. The van der Waals surface area contributed by atoms with E-state index in [4.69, 9.17) is 0 Å². The first kappa shape index (κ1) is 19.7. The lowest BCUT2D eigenvalue weighted by Crippen LogP contribution is -2.49. The van der Waals surface area contributed by atoms with E-state index in [-0.39, 0.29) is 24.0 Å². The number of hydrogen-bond donors (Lipinski definition) is 0. The van der Waals surface area contributed by atoms with Crippen molar-refractivity contribution in [2.24, 2.45) is 0 Å². The highest BCUT2D eigenvalue weighted by Gasteiger charge is 2.23. The summed E-state index contributed by atoms with van der Waals surface area (Å²) in [5.74, 6) is -0.476. The van der Waals surface area contributed by atoms with Crippen LogP contribution in [0, 0.1) is 11.6 Å². The number of para-hydroxylation sites is 1. The Hall–Kier alpha value is -3.26. The third kappa shape index (κ3) is 3.90. The predicted molar refractivity (Wildman–Crippen MR) is 117 cm³/mol. The van der Waals surface area contributed by atoms with E-state index < -0.39 is 0 Å². The average Bonchev–Trinajstić information content (AvgIpc) is 3.37. The van der Waals surface area contributed by atoms with Crippen molar-refractivity contribution in [2.75, 3.05) is 31.1 Å². The number of aromatic nitrogens is 2. The van der Waals surface area contributed by atoms with Gasteiger partial charge in [-0.05, 0) is 36.4 Å².